The lowest BCUT2D eigenvalue weighted by atomic mass is 9.97. The van der Waals surface area contributed by atoms with Crippen molar-refractivity contribution in [3.63, 3.8) is 0 Å². The van der Waals surface area contributed by atoms with Gasteiger partial charge in [-0.15, -0.1) is 10.2 Å². The molecule has 1 atom stereocenters. The highest BCUT2D eigenvalue weighted by Crippen LogP contribution is 2.24. The van der Waals surface area contributed by atoms with Crippen molar-refractivity contribution in [2.75, 3.05) is 24.5 Å². The Labute approximate surface area is 193 Å². The Morgan fingerprint density at radius 2 is 1.94 bits per heavy atom. The summed E-state index contributed by atoms with van der Waals surface area (Å²) >= 11 is 0. The number of amides is 1. The van der Waals surface area contributed by atoms with E-state index < -0.39 is 0 Å². The first kappa shape index (κ1) is 22.6. The molecule has 2 aromatic heterocycles. The summed E-state index contributed by atoms with van der Waals surface area (Å²) in [6.45, 7) is 7.91. The lowest BCUT2D eigenvalue weighted by Gasteiger charge is -2.32. The number of carbonyl (C=O) groups excluding carboxylic acids is 1. The summed E-state index contributed by atoms with van der Waals surface area (Å²) < 4.78 is 1.54. The number of hydrogen-bond acceptors (Lipinski definition) is 6. The zero-order valence-corrected chi connectivity index (χ0v) is 19.4. The standard InChI is InChI=1S/C25H30N6O2/c1-17-7-4-5-9-21(17)22-10-11-23(29-28-22)30-13-6-8-20(15-30)24(32)26-12-14-31-16-27-19(3)18(2)25(31)33/h4-5,7,9-11,16,20H,6,8,12-15H2,1-3H3,(H,26,32). The van der Waals surface area contributed by atoms with Gasteiger partial charge < -0.3 is 10.2 Å². The number of rotatable bonds is 6. The quantitative estimate of drug-likeness (QED) is 0.626. The van der Waals surface area contributed by atoms with Crippen molar-refractivity contribution >= 4 is 11.7 Å². The molecule has 1 aliphatic heterocycles. The molecular weight excluding hydrogens is 416 g/mol. The molecule has 8 nitrogen and oxygen atoms in total. The first-order valence-corrected chi connectivity index (χ1v) is 11.4. The normalized spacial score (nSPS) is 16.0. The highest BCUT2D eigenvalue weighted by molar-refractivity contribution is 5.79. The monoisotopic (exact) mass is 446 g/mol. The molecule has 1 aliphatic rings. The molecular formula is C25H30N6O2. The average Bonchev–Trinajstić information content (AvgIpc) is 2.84. The van der Waals surface area contributed by atoms with Gasteiger partial charge in [-0.05, 0) is 51.3 Å². The molecule has 1 unspecified atom stereocenters. The van der Waals surface area contributed by atoms with Gasteiger partial charge in [0.15, 0.2) is 5.82 Å². The summed E-state index contributed by atoms with van der Waals surface area (Å²) in [4.78, 5) is 31.4. The van der Waals surface area contributed by atoms with Crippen LogP contribution in [0.2, 0.25) is 0 Å². The van der Waals surface area contributed by atoms with Crippen LogP contribution in [0.15, 0.2) is 47.5 Å². The maximum absolute atomic E-state index is 12.8. The molecule has 1 saturated heterocycles. The number of anilines is 1. The van der Waals surface area contributed by atoms with E-state index in [0.29, 0.717) is 25.2 Å². The maximum Gasteiger partial charge on any atom is 0.256 e. The van der Waals surface area contributed by atoms with E-state index in [2.05, 4.69) is 38.4 Å². The number of benzene rings is 1. The fraction of sp³-hybridized carbons (Fsp3) is 0.400. The van der Waals surface area contributed by atoms with Gasteiger partial charge in [-0.25, -0.2) is 4.98 Å². The zero-order chi connectivity index (χ0) is 23.4. The van der Waals surface area contributed by atoms with Gasteiger partial charge >= 0.3 is 0 Å². The minimum atomic E-state index is -0.119. The third-order valence-electron chi connectivity index (χ3n) is 6.35. The van der Waals surface area contributed by atoms with E-state index >= 15 is 0 Å². The highest BCUT2D eigenvalue weighted by atomic mass is 16.2. The fourth-order valence-electron chi connectivity index (χ4n) is 4.18. The van der Waals surface area contributed by atoms with Crippen LogP contribution in [0.25, 0.3) is 11.3 Å². The van der Waals surface area contributed by atoms with Crippen LogP contribution in [0.1, 0.15) is 29.7 Å². The summed E-state index contributed by atoms with van der Waals surface area (Å²) in [6.07, 6.45) is 3.29. The van der Waals surface area contributed by atoms with Gasteiger partial charge in [-0.3, -0.25) is 14.2 Å². The maximum atomic E-state index is 12.8. The molecule has 33 heavy (non-hydrogen) atoms. The summed E-state index contributed by atoms with van der Waals surface area (Å²) in [7, 11) is 0. The summed E-state index contributed by atoms with van der Waals surface area (Å²) in [5.41, 5.74) is 4.39. The van der Waals surface area contributed by atoms with E-state index in [9.17, 15) is 9.59 Å². The van der Waals surface area contributed by atoms with Crippen molar-refractivity contribution in [2.24, 2.45) is 5.92 Å². The van der Waals surface area contributed by atoms with Gasteiger partial charge in [0.05, 0.1) is 17.9 Å². The predicted molar refractivity (Wildman–Crippen MR) is 128 cm³/mol. The average molecular weight is 447 g/mol. The number of carbonyl (C=O) groups is 1. The Hall–Kier alpha value is -3.55. The van der Waals surface area contributed by atoms with Gasteiger partial charge in [-0.2, -0.15) is 0 Å². The Balaban J connectivity index is 1.34. The first-order valence-electron chi connectivity index (χ1n) is 11.4. The molecule has 0 spiro atoms. The number of piperidine rings is 1. The van der Waals surface area contributed by atoms with E-state index in [0.717, 1.165) is 47.7 Å². The van der Waals surface area contributed by atoms with Crippen LogP contribution in [0.4, 0.5) is 5.82 Å². The van der Waals surface area contributed by atoms with Crippen molar-refractivity contribution in [3.05, 3.63) is 69.9 Å². The van der Waals surface area contributed by atoms with E-state index in [1.54, 1.807) is 17.8 Å². The van der Waals surface area contributed by atoms with E-state index in [1.807, 2.05) is 37.3 Å². The second-order valence-corrected chi connectivity index (χ2v) is 8.62. The molecule has 0 bridgehead atoms. The Morgan fingerprint density at radius 1 is 1.12 bits per heavy atom. The van der Waals surface area contributed by atoms with Gasteiger partial charge in [0.25, 0.3) is 5.56 Å². The number of aryl methyl sites for hydroxylation is 2. The van der Waals surface area contributed by atoms with Gasteiger partial charge in [-0.1, -0.05) is 24.3 Å². The molecule has 0 radical (unpaired) electrons. The molecule has 1 aromatic carbocycles. The smallest absolute Gasteiger partial charge is 0.256 e. The molecule has 4 rings (SSSR count). The molecule has 0 saturated carbocycles. The molecule has 1 amide bonds. The number of nitrogens with zero attached hydrogens (tertiary/aromatic N) is 5. The highest BCUT2D eigenvalue weighted by Gasteiger charge is 2.26. The van der Waals surface area contributed by atoms with Gasteiger partial charge in [0.2, 0.25) is 5.91 Å². The minimum Gasteiger partial charge on any atom is -0.354 e. The van der Waals surface area contributed by atoms with Crippen molar-refractivity contribution in [1.29, 1.82) is 0 Å². The molecule has 1 N–H and O–H groups in total. The Kier molecular flexibility index (Phi) is 6.82. The Bertz CT molecular complexity index is 1190. The molecule has 3 heterocycles. The van der Waals surface area contributed by atoms with E-state index in [1.165, 1.54) is 0 Å². The second-order valence-electron chi connectivity index (χ2n) is 8.62. The van der Waals surface area contributed by atoms with Crippen LogP contribution in [-0.4, -0.2) is 45.3 Å². The molecule has 172 valence electrons. The third-order valence-corrected chi connectivity index (χ3v) is 6.35. The van der Waals surface area contributed by atoms with Crippen LogP contribution in [-0.2, 0) is 11.3 Å². The lowest BCUT2D eigenvalue weighted by molar-refractivity contribution is -0.125. The van der Waals surface area contributed by atoms with E-state index in [4.69, 9.17) is 0 Å². The van der Waals surface area contributed by atoms with E-state index in [-0.39, 0.29) is 17.4 Å². The Morgan fingerprint density at radius 3 is 2.70 bits per heavy atom. The van der Waals surface area contributed by atoms with Crippen molar-refractivity contribution in [3.8, 4) is 11.3 Å². The minimum absolute atomic E-state index is 0.00836. The molecule has 1 fully saturated rings. The zero-order valence-electron chi connectivity index (χ0n) is 19.4. The number of aromatic nitrogens is 4. The van der Waals surface area contributed by atoms with Crippen molar-refractivity contribution < 1.29 is 4.79 Å². The van der Waals surface area contributed by atoms with Crippen LogP contribution in [0.5, 0.6) is 0 Å². The first-order chi connectivity index (χ1) is 15.9. The van der Waals surface area contributed by atoms with Crippen LogP contribution >= 0.6 is 0 Å². The third kappa shape index (κ3) is 5.10. The van der Waals surface area contributed by atoms with Gasteiger partial charge in [0.1, 0.15) is 0 Å². The second kappa shape index (κ2) is 9.94. The SMILES string of the molecule is Cc1ccccc1-c1ccc(N2CCCC(C(=O)NCCn3cnc(C)c(C)c3=O)C2)nn1. The summed E-state index contributed by atoms with van der Waals surface area (Å²) in [6, 6.07) is 12.1. The summed E-state index contributed by atoms with van der Waals surface area (Å²) in [5, 5.41) is 11.9. The summed E-state index contributed by atoms with van der Waals surface area (Å²) in [5.74, 6) is 0.679. The van der Waals surface area contributed by atoms with Crippen LogP contribution in [0.3, 0.4) is 0 Å². The molecule has 0 aliphatic carbocycles. The largest absolute Gasteiger partial charge is 0.354 e. The van der Waals surface area contributed by atoms with Crippen LogP contribution in [0, 0.1) is 26.7 Å². The fourth-order valence-corrected chi connectivity index (χ4v) is 4.18. The predicted octanol–water partition coefficient (Wildman–Crippen LogP) is 2.66. The van der Waals surface area contributed by atoms with Crippen LogP contribution < -0.4 is 15.8 Å². The van der Waals surface area contributed by atoms with Crippen molar-refractivity contribution in [1.82, 2.24) is 25.1 Å². The number of hydrogen-bond donors (Lipinski definition) is 1. The lowest BCUT2D eigenvalue weighted by Crippen LogP contribution is -2.44. The topological polar surface area (TPSA) is 93.0 Å². The number of nitrogens with one attached hydrogen (secondary N) is 1. The van der Waals surface area contributed by atoms with Crippen molar-refractivity contribution in [2.45, 2.75) is 40.2 Å². The molecule has 8 heteroatoms. The van der Waals surface area contributed by atoms with Gasteiger partial charge in [0, 0.05) is 43.0 Å². The molecule has 3 aromatic rings.